The van der Waals surface area contributed by atoms with Crippen LogP contribution < -0.4 is 0 Å². The van der Waals surface area contributed by atoms with Crippen LogP contribution in [0.1, 0.15) is 48.2 Å². The van der Waals surface area contributed by atoms with Crippen LogP contribution in [0, 0.1) is 27.7 Å². The highest BCUT2D eigenvalue weighted by atomic mass is 79.9. The van der Waals surface area contributed by atoms with Crippen LogP contribution in [0.25, 0.3) is 6.08 Å². The molecule has 0 atom stereocenters. The zero-order valence-corrected chi connectivity index (χ0v) is 32.8. The number of aliphatic hydroxyl groups is 2. The fourth-order valence-corrected chi connectivity index (χ4v) is 9.34. The first-order valence-electron chi connectivity index (χ1n) is 12.4. The van der Waals surface area contributed by atoms with Gasteiger partial charge >= 0.3 is 0 Å². The minimum Gasteiger partial charge on any atom is -0.396 e. The third-order valence-corrected chi connectivity index (χ3v) is 13.8. The lowest BCUT2D eigenvalue weighted by molar-refractivity contribution is 0.289. The van der Waals surface area contributed by atoms with Crippen molar-refractivity contribution in [2.75, 3.05) is 13.2 Å². The highest BCUT2D eigenvalue weighted by molar-refractivity contribution is 9.11. The number of hydrogen-bond donors (Lipinski definition) is 2. The number of aryl methyl sites for hydroxylation is 5. The predicted octanol–water partition coefficient (Wildman–Crippen LogP) is 12.1. The fraction of sp³-hybridized carbons (Fsp3) is 0.333. The van der Waals surface area contributed by atoms with Crippen LogP contribution in [0.2, 0.25) is 0 Å². The molecule has 0 aliphatic rings. The summed E-state index contributed by atoms with van der Waals surface area (Å²) in [6.45, 7) is 16.2. The molecule has 0 fully saturated rings. The molecule has 4 aromatic heterocycles. The number of thiophene rings is 4. The standard InChI is InChI=1S/C8H11BrOS.C8H9BrS.C7H9BrOS.C7H7BrS/c1-6-5-7(3-2-4-10)11-8(6)9;1-3-4-7-5-6(2)8(9)10-7;1-5-4-6(2-3-9)10-7(5)8;1-3-6-4-5(2)7(8)9-6/h5,10H,2-4H2,1H3;3,5H,1,4H2,2H3;4,9H,2-3H2,1H3;3-4H,1H2,2H3. The van der Waals surface area contributed by atoms with E-state index in [1.165, 1.54) is 56.9 Å². The van der Waals surface area contributed by atoms with Crippen molar-refractivity contribution in [2.45, 2.75) is 53.4 Å². The number of allylic oxidation sites excluding steroid dienone is 1. The first-order valence-corrected chi connectivity index (χ1v) is 18.8. The minimum atomic E-state index is 0.242. The first-order chi connectivity index (χ1) is 18.9. The summed E-state index contributed by atoms with van der Waals surface area (Å²) in [5, 5.41) is 17.2. The van der Waals surface area contributed by atoms with Gasteiger partial charge in [-0.2, -0.15) is 0 Å². The van der Waals surface area contributed by atoms with E-state index in [0.717, 1.165) is 25.7 Å². The van der Waals surface area contributed by atoms with Crippen molar-refractivity contribution in [3.8, 4) is 0 Å². The van der Waals surface area contributed by atoms with Crippen LogP contribution in [-0.2, 0) is 19.3 Å². The minimum absolute atomic E-state index is 0.242. The quantitative estimate of drug-likeness (QED) is 0.173. The van der Waals surface area contributed by atoms with Crippen molar-refractivity contribution in [3.05, 3.63) is 100 Å². The SMILES string of the molecule is C=CCc1cc(C)c(Br)s1.C=Cc1cc(C)c(Br)s1.Cc1cc(CCCO)sc1Br.Cc1cc(CCO)sc1Br. The van der Waals surface area contributed by atoms with Gasteiger partial charge in [-0.15, -0.1) is 51.9 Å². The van der Waals surface area contributed by atoms with E-state index in [4.69, 9.17) is 10.2 Å². The maximum absolute atomic E-state index is 8.61. The molecule has 0 bridgehead atoms. The summed E-state index contributed by atoms with van der Waals surface area (Å²) in [7, 11) is 0. The van der Waals surface area contributed by atoms with E-state index in [1.54, 1.807) is 45.3 Å². The van der Waals surface area contributed by atoms with E-state index < -0.39 is 0 Å². The van der Waals surface area contributed by atoms with Crippen molar-refractivity contribution < 1.29 is 10.2 Å². The van der Waals surface area contributed by atoms with Gasteiger partial charge in [0.1, 0.15) is 0 Å². The third-order valence-electron chi connectivity index (χ3n) is 5.09. The Morgan fingerprint density at radius 2 is 1.05 bits per heavy atom. The van der Waals surface area contributed by atoms with E-state index >= 15 is 0 Å². The van der Waals surface area contributed by atoms with Gasteiger partial charge in [-0.05, 0) is 157 Å². The number of rotatable bonds is 8. The van der Waals surface area contributed by atoms with Crippen LogP contribution in [0.4, 0.5) is 0 Å². The molecule has 10 heteroatoms. The summed E-state index contributed by atoms with van der Waals surface area (Å²) in [5.74, 6) is 0. The van der Waals surface area contributed by atoms with Gasteiger partial charge in [-0.1, -0.05) is 18.7 Å². The fourth-order valence-electron chi connectivity index (χ4n) is 3.01. The second kappa shape index (κ2) is 20.9. The van der Waals surface area contributed by atoms with Gasteiger partial charge in [-0.3, -0.25) is 0 Å². The smallest absolute Gasteiger partial charge is 0.0733 e. The Labute approximate surface area is 289 Å². The molecule has 4 heterocycles. The summed E-state index contributed by atoms with van der Waals surface area (Å²) >= 11 is 20.7. The lowest BCUT2D eigenvalue weighted by atomic mass is 10.2. The highest BCUT2D eigenvalue weighted by Gasteiger charge is 2.02. The molecule has 0 saturated heterocycles. The Morgan fingerprint density at radius 3 is 1.35 bits per heavy atom. The molecule has 0 aliphatic heterocycles. The van der Waals surface area contributed by atoms with Gasteiger partial charge in [0.25, 0.3) is 0 Å². The molecule has 0 amide bonds. The molecule has 220 valence electrons. The number of hydrogen-bond acceptors (Lipinski definition) is 6. The Morgan fingerprint density at radius 1 is 0.625 bits per heavy atom. The topological polar surface area (TPSA) is 40.5 Å². The summed E-state index contributed by atoms with van der Waals surface area (Å²) in [6.07, 6.45) is 7.41. The Bertz CT molecular complexity index is 1240. The second-order valence-corrected chi connectivity index (χ2v) is 18.4. The summed E-state index contributed by atoms with van der Waals surface area (Å²) < 4.78 is 4.84. The van der Waals surface area contributed by atoms with E-state index in [0.29, 0.717) is 0 Å². The summed E-state index contributed by atoms with van der Waals surface area (Å²) in [6, 6.07) is 8.58. The van der Waals surface area contributed by atoms with Crippen LogP contribution in [0.15, 0.2) is 58.6 Å². The van der Waals surface area contributed by atoms with Gasteiger partial charge in [0, 0.05) is 39.1 Å². The van der Waals surface area contributed by atoms with Crippen LogP contribution in [0.5, 0.6) is 0 Å². The molecule has 2 N–H and O–H groups in total. The normalized spacial score (nSPS) is 10.1. The molecule has 4 rings (SSSR count). The zero-order valence-electron chi connectivity index (χ0n) is 23.2. The number of halogens is 4. The average molecular weight is 876 g/mol. The number of aliphatic hydroxyl groups excluding tert-OH is 2. The first kappa shape index (κ1) is 38.1. The van der Waals surface area contributed by atoms with Crippen molar-refractivity contribution in [2.24, 2.45) is 0 Å². The Kier molecular flexibility index (Phi) is 20.0. The molecule has 0 aliphatic carbocycles. The van der Waals surface area contributed by atoms with Crippen molar-refractivity contribution in [1.82, 2.24) is 0 Å². The molecule has 0 unspecified atom stereocenters. The van der Waals surface area contributed by atoms with Crippen LogP contribution in [0.3, 0.4) is 0 Å². The van der Waals surface area contributed by atoms with Crippen LogP contribution >= 0.6 is 109 Å². The summed E-state index contributed by atoms with van der Waals surface area (Å²) in [4.78, 5) is 5.19. The lowest BCUT2D eigenvalue weighted by Gasteiger charge is -1.90. The molecule has 0 spiro atoms. The van der Waals surface area contributed by atoms with Gasteiger partial charge in [-0.25, -0.2) is 0 Å². The predicted molar refractivity (Wildman–Crippen MR) is 197 cm³/mol. The largest absolute Gasteiger partial charge is 0.396 e. The lowest BCUT2D eigenvalue weighted by Crippen LogP contribution is -1.84. The van der Waals surface area contributed by atoms with E-state index in [-0.39, 0.29) is 13.2 Å². The monoisotopic (exact) mass is 872 g/mol. The van der Waals surface area contributed by atoms with Gasteiger partial charge < -0.3 is 10.2 Å². The van der Waals surface area contributed by atoms with E-state index in [9.17, 15) is 0 Å². The third kappa shape index (κ3) is 14.5. The van der Waals surface area contributed by atoms with E-state index in [2.05, 4.69) is 129 Å². The molecule has 0 radical (unpaired) electrons. The van der Waals surface area contributed by atoms with Crippen molar-refractivity contribution >= 4 is 115 Å². The van der Waals surface area contributed by atoms with E-state index in [1.807, 2.05) is 12.2 Å². The zero-order chi connectivity index (χ0) is 30.2. The maximum Gasteiger partial charge on any atom is 0.0733 e. The molecule has 0 saturated carbocycles. The van der Waals surface area contributed by atoms with Crippen molar-refractivity contribution in [1.29, 1.82) is 0 Å². The average Bonchev–Trinajstić information content (AvgIpc) is 3.62. The van der Waals surface area contributed by atoms with Gasteiger partial charge in [0.05, 0.1) is 15.1 Å². The Balaban J connectivity index is 0.000000267. The summed E-state index contributed by atoms with van der Waals surface area (Å²) in [5.41, 5.74) is 5.16. The maximum atomic E-state index is 8.61. The van der Waals surface area contributed by atoms with Gasteiger partial charge in [0.2, 0.25) is 0 Å². The second-order valence-electron chi connectivity index (χ2n) is 8.61. The van der Waals surface area contributed by atoms with Gasteiger partial charge in [0.15, 0.2) is 0 Å². The molecule has 2 nitrogen and oxygen atoms in total. The molecule has 4 aromatic rings. The Hall–Kier alpha value is 0.120. The van der Waals surface area contributed by atoms with Crippen molar-refractivity contribution in [3.63, 3.8) is 0 Å². The van der Waals surface area contributed by atoms with Crippen LogP contribution in [-0.4, -0.2) is 23.4 Å². The molecular weight excluding hydrogens is 840 g/mol. The highest BCUT2D eigenvalue weighted by Crippen LogP contribution is 2.29. The molecule has 0 aromatic carbocycles. The molecular formula is C30H36Br4O2S4. The molecule has 40 heavy (non-hydrogen) atoms.